The molecule has 28 heavy (non-hydrogen) atoms. The largest absolute Gasteiger partial charge is 0.337 e. The van der Waals surface area contributed by atoms with Crippen molar-refractivity contribution in [1.82, 2.24) is 25.5 Å². The van der Waals surface area contributed by atoms with Gasteiger partial charge in [0.1, 0.15) is 11.5 Å². The SMILES string of the molecule is CCCn1nccc1C(=O)N1CCC(C2NNCC2c2cccc(F)c2)CC1. The number of carbonyl (C=O) groups excluding carboxylic acids is 1. The number of nitrogens with one attached hydrogen (secondary N) is 2. The van der Waals surface area contributed by atoms with Crippen molar-refractivity contribution in [3.8, 4) is 0 Å². The fraction of sp³-hybridized carbons (Fsp3) is 0.524. The quantitative estimate of drug-likeness (QED) is 0.830. The van der Waals surface area contributed by atoms with E-state index in [2.05, 4.69) is 22.9 Å². The highest BCUT2D eigenvalue weighted by Gasteiger charge is 2.37. The second kappa shape index (κ2) is 8.41. The number of benzene rings is 1. The second-order valence-electron chi connectivity index (χ2n) is 7.78. The van der Waals surface area contributed by atoms with E-state index in [1.165, 1.54) is 6.07 Å². The molecule has 2 aliphatic rings. The molecule has 0 saturated carbocycles. The molecule has 150 valence electrons. The molecule has 3 heterocycles. The zero-order valence-corrected chi connectivity index (χ0v) is 16.3. The Morgan fingerprint density at radius 3 is 2.86 bits per heavy atom. The minimum absolute atomic E-state index is 0.0728. The van der Waals surface area contributed by atoms with E-state index in [0.29, 0.717) is 11.6 Å². The van der Waals surface area contributed by atoms with Gasteiger partial charge < -0.3 is 4.90 Å². The molecule has 2 unspecified atom stereocenters. The Morgan fingerprint density at radius 2 is 2.11 bits per heavy atom. The fourth-order valence-corrected chi connectivity index (χ4v) is 4.55. The molecule has 2 atom stereocenters. The maximum Gasteiger partial charge on any atom is 0.272 e. The monoisotopic (exact) mass is 385 g/mol. The molecular weight excluding hydrogens is 357 g/mol. The second-order valence-corrected chi connectivity index (χ2v) is 7.78. The van der Waals surface area contributed by atoms with Gasteiger partial charge in [-0.05, 0) is 48.9 Å². The molecule has 4 rings (SSSR count). The molecule has 2 aliphatic heterocycles. The zero-order valence-electron chi connectivity index (χ0n) is 16.3. The van der Waals surface area contributed by atoms with Crippen molar-refractivity contribution in [3.05, 3.63) is 53.6 Å². The van der Waals surface area contributed by atoms with Gasteiger partial charge in [-0.15, -0.1) is 0 Å². The van der Waals surface area contributed by atoms with Gasteiger partial charge >= 0.3 is 0 Å². The summed E-state index contributed by atoms with van der Waals surface area (Å²) in [4.78, 5) is 14.8. The highest BCUT2D eigenvalue weighted by Crippen LogP contribution is 2.32. The lowest BCUT2D eigenvalue weighted by Gasteiger charge is -2.36. The summed E-state index contributed by atoms with van der Waals surface area (Å²) < 4.78 is 15.5. The van der Waals surface area contributed by atoms with E-state index >= 15 is 0 Å². The summed E-state index contributed by atoms with van der Waals surface area (Å²) in [5, 5.41) is 4.27. The molecule has 0 aliphatic carbocycles. The van der Waals surface area contributed by atoms with E-state index in [1.807, 2.05) is 17.0 Å². The van der Waals surface area contributed by atoms with E-state index in [1.54, 1.807) is 23.0 Å². The predicted molar refractivity (Wildman–Crippen MR) is 105 cm³/mol. The number of likely N-dealkylation sites (tertiary alicyclic amines) is 1. The number of amides is 1. The van der Waals surface area contributed by atoms with E-state index in [9.17, 15) is 9.18 Å². The molecule has 1 aromatic carbocycles. The zero-order chi connectivity index (χ0) is 19.5. The third kappa shape index (κ3) is 3.82. The molecule has 2 saturated heterocycles. The Hall–Kier alpha value is -2.25. The van der Waals surface area contributed by atoms with Gasteiger partial charge in [0.15, 0.2) is 0 Å². The summed E-state index contributed by atoms with van der Waals surface area (Å²) in [6.45, 7) is 5.13. The Kier molecular flexibility index (Phi) is 5.73. The highest BCUT2D eigenvalue weighted by atomic mass is 19.1. The molecule has 0 bridgehead atoms. The Balaban J connectivity index is 1.39. The molecule has 0 spiro atoms. The summed E-state index contributed by atoms with van der Waals surface area (Å²) in [5.74, 6) is 0.581. The van der Waals surface area contributed by atoms with E-state index in [-0.39, 0.29) is 23.7 Å². The molecule has 6 nitrogen and oxygen atoms in total. The molecular formula is C21H28FN5O. The van der Waals surface area contributed by atoms with Crippen molar-refractivity contribution in [2.24, 2.45) is 5.92 Å². The normalized spacial score (nSPS) is 23.3. The number of hydrogen-bond acceptors (Lipinski definition) is 4. The van der Waals surface area contributed by atoms with E-state index in [0.717, 1.165) is 51.0 Å². The number of rotatable bonds is 5. The van der Waals surface area contributed by atoms with Gasteiger partial charge in [0.05, 0.1) is 0 Å². The summed E-state index contributed by atoms with van der Waals surface area (Å²) in [6, 6.07) is 8.97. The first-order valence-corrected chi connectivity index (χ1v) is 10.2. The minimum Gasteiger partial charge on any atom is -0.337 e. The molecule has 1 aromatic heterocycles. The number of aromatic nitrogens is 2. The average Bonchev–Trinajstić information content (AvgIpc) is 3.37. The minimum atomic E-state index is -0.188. The summed E-state index contributed by atoms with van der Waals surface area (Å²) >= 11 is 0. The third-order valence-corrected chi connectivity index (χ3v) is 6.01. The number of carbonyl (C=O) groups is 1. The molecule has 2 fully saturated rings. The van der Waals surface area contributed by atoms with Crippen molar-refractivity contribution < 1.29 is 9.18 Å². The van der Waals surface area contributed by atoms with Crippen LogP contribution in [0.3, 0.4) is 0 Å². The van der Waals surface area contributed by atoms with Crippen LogP contribution >= 0.6 is 0 Å². The van der Waals surface area contributed by atoms with Gasteiger partial charge in [0.25, 0.3) is 5.91 Å². The Bertz CT molecular complexity index is 815. The summed E-state index contributed by atoms with van der Waals surface area (Å²) in [7, 11) is 0. The topological polar surface area (TPSA) is 62.2 Å². The molecule has 7 heteroatoms. The van der Waals surface area contributed by atoms with Gasteiger partial charge in [0.2, 0.25) is 0 Å². The molecule has 1 amide bonds. The standard InChI is InChI=1S/C21H28FN5O/c1-2-10-27-19(6-9-24-27)21(28)26-11-7-15(8-12-26)20-18(14-23-25-20)16-4-3-5-17(22)13-16/h3-6,9,13,15,18,20,23,25H,2,7-8,10-12,14H2,1H3. The van der Waals surface area contributed by atoms with Crippen LogP contribution in [0.1, 0.15) is 48.2 Å². The van der Waals surface area contributed by atoms with Crippen molar-refractivity contribution in [2.75, 3.05) is 19.6 Å². The maximum absolute atomic E-state index is 13.7. The van der Waals surface area contributed by atoms with Crippen molar-refractivity contribution in [3.63, 3.8) is 0 Å². The van der Waals surface area contributed by atoms with Crippen molar-refractivity contribution >= 4 is 5.91 Å². The van der Waals surface area contributed by atoms with E-state index < -0.39 is 0 Å². The first kappa shape index (κ1) is 19.1. The van der Waals surface area contributed by atoms with Crippen LogP contribution in [-0.2, 0) is 6.54 Å². The summed E-state index contributed by atoms with van der Waals surface area (Å²) in [6.07, 6.45) is 4.54. The van der Waals surface area contributed by atoms with Crippen LogP contribution in [0.25, 0.3) is 0 Å². The number of nitrogens with zero attached hydrogens (tertiary/aromatic N) is 3. The van der Waals surface area contributed by atoms with Gasteiger partial charge in [-0.1, -0.05) is 19.1 Å². The van der Waals surface area contributed by atoms with Crippen LogP contribution in [0.15, 0.2) is 36.5 Å². The van der Waals surface area contributed by atoms with Gasteiger partial charge in [0, 0.05) is 44.3 Å². The van der Waals surface area contributed by atoms with Crippen molar-refractivity contribution in [1.29, 1.82) is 0 Å². The molecule has 0 radical (unpaired) electrons. The lowest BCUT2D eigenvalue weighted by atomic mass is 9.80. The van der Waals surface area contributed by atoms with Crippen LogP contribution < -0.4 is 10.9 Å². The smallest absolute Gasteiger partial charge is 0.272 e. The maximum atomic E-state index is 13.7. The molecule has 2 aromatic rings. The van der Waals surface area contributed by atoms with Crippen LogP contribution in [0.4, 0.5) is 4.39 Å². The average molecular weight is 385 g/mol. The number of hydrazine groups is 1. The van der Waals surface area contributed by atoms with Crippen LogP contribution in [-0.4, -0.2) is 46.3 Å². The van der Waals surface area contributed by atoms with Crippen LogP contribution in [0.5, 0.6) is 0 Å². The van der Waals surface area contributed by atoms with Crippen molar-refractivity contribution in [2.45, 2.75) is 44.7 Å². The van der Waals surface area contributed by atoms with Gasteiger partial charge in [-0.2, -0.15) is 5.10 Å². The number of halogens is 1. The number of aryl methyl sites for hydroxylation is 1. The van der Waals surface area contributed by atoms with Crippen LogP contribution in [0, 0.1) is 11.7 Å². The van der Waals surface area contributed by atoms with E-state index in [4.69, 9.17) is 0 Å². The Morgan fingerprint density at radius 1 is 1.29 bits per heavy atom. The molecule has 2 N–H and O–H groups in total. The predicted octanol–water partition coefficient (Wildman–Crippen LogP) is 2.54. The first-order chi connectivity index (χ1) is 13.7. The highest BCUT2D eigenvalue weighted by molar-refractivity contribution is 5.92. The lowest BCUT2D eigenvalue weighted by Crippen LogP contribution is -2.46. The lowest BCUT2D eigenvalue weighted by molar-refractivity contribution is 0.0657. The van der Waals surface area contributed by atoms with Crippen LogP contribution in [0.2, 0.25) is 0 Å². The number of piperidine rings is 1. The summed E-state index contributed by atoms with van der Waals surface area (Å²) in [5.41, 5.74) is 8.36. The Labute approximate surface area is 165 Å². The van der Waals surface area contributed by atoms with Gasteiger partial charge in [-0.25, -0.2) is 4.39 Å². The fourth-order valence-electron chi connectivity index (χ4n) is 4.55. The van der Waals surface area contributed by atoms with Gasteiger partial charge in [-0.3, -0.25) is 20.3 Å². The third-order valence-electron chi connectivity index (χ3n) is 6.01. The number of hydrogen-bond donors (Lipinski definition) is 2. The first-order valence-electron chi connectivity index (χ1n) is 10.2.